The van der Waals surface area contributed by atoms with Crippen molar-refractivity contribution < 1.29 is 19.4 Å². The summed E-state index contributed by atoms with van der Waals surface area (Å²) in [7, 11) is 2.13. The summed E-state index contributed by atoms with van der Waals surface area (Å²) in [5, 5.41) is 16.2. The third-order valence-electron chi connectivity index (χ3n) is 10.9. The Morgan fingerprint density at radius 1 is 0.957 bits per heavy atom. The monoisotopic (exact) mass is 624 g/mol. The number of carbonyl (C=O) groups excluding carboxylic acids is 1. The van der Waals surface area contributed by atoms with Crippen LogP contribution in [0.3, 0.4) is 0 Å². The topological polar surface area (TPSA) is 96.0 Å². The van der Waals surface area contributed by atoms with E-state index >= 15 is 0 Å². The molecule has 244 valence electrons. The van der Waals surface area contributed by atoms with Crippen LogP contribution in [-0.4, -0.2) is 52.8 Å². The van der Waals surface area contributed by atoms with Gasteiger partial charge in [-0.15, -0.1) is 0 Å². The first kappa shape index (κ1) is 31.3. The van der Waals surface area contributed by atoms with Crippen LogP contribution in [0.1, 0.15) is 80.2 Å². The first-order valence-electron chi connectivity index (χ1n) is 17.1. The van der Waals surface area contributed by atoms with E-state index in [-0.39, 0.29) is 36.3 Å². The maximum atomic E-state index is 13.3. The molecule has 8 nitrogen and oxygen atoms in total. The number of pyridine rings is 1. The maximum absolute atomic E-state index is 13.3. The van der Waals surface area contributed by atoms with E-state index in [9.17, 15) is 9.90 Å². The Labute approximate surface area is 272 Å². The standard InChI is InChI=1S/C38H48N4O4/c1-25-34(23-42(2)15-13-32-7-3-4-14-39-32)45-36(46-35(25)30-11-9-26(24-43)10-12-30)31-6-5-8-33(19-31)40-37(44)41-38-20-27-16-28(21-38)18-29(17-27)22-38/h3-12,14,19,25,27-29,34-36,43H,13,15-18,20-24H2,1-2H3,(H2,40,41,44)/t25-,27?,28?,29?,34+,35+,36+,38?/m1/s1. The molecule has 1 saturated heterocycles. The van der Waals surface area contributed by atoms with Gasteiger partial charge >= 0.3 is 6.03 Å². The number of anilines is 1. The zero-order chi connectivity index (χ0) is 31.7. The number of carbonyl (C=O) groups is 1. The molecule has 2 aromatic carbocycles. The molecule has 8 rings (SSSR count). The van der Waals surface area contributed by atoms with Crippen LogP contribution in [0.4, 0.5) is 10.5 Å². The summed E-state index contributed by atoms with van der Waals surface area (Å²) in [6, 6.07) is 21.8. The van der Waals surface area contributed by atoms with Crippen molar-refractivity contribution in [2.75, 3.05) is 25.5 Å². The minimum Gasteiger partial charge on any atom is -0.392 e. The Morgan fingerprint density at radius 3 is 2.37 bits per heavy atom. The highest BCUT2D eigenvalue weighted by atomic mass is 16.7. The number of amides is 2. The lowest BCUT2D eigenvalue weighted by Gasteiger charge is -2.56. The summed E-state index contributed by atoms with van der Waals surface area (Å²) in [6.45, 7) is 3.80. The third-order valence-corrected chi connectivity index (χ3v) is 10.9. The lowest BCUT2D eigenvalue weighted by atomic mass is 9.53. The molecule has 3 aromatic rings. The van der Waals surface area contributed by atoms with Crippen molar-refractivity contribution in [1.82, 2.24) is 15.2 Å². The highest BCUT2D eigenvalue weighted by molar-refractivity contribution is 5.90. The predicted octanol–water partition coefficient (Wildman–Crippen LogP) is 6.63. The molecule has 0 spiro atoms. The van der Waals surface area contributed by atoms with Crippen molar-refractivity contribution in [2.45, 2.75) is 82.5 Å². The smallest absolute Gasteiger partial charge is 0.319 e. The van der Waals surface area contributed by atoms with Crippen LogP contribution in [0, 0.1) is 23.7 Å². The van der Waals surface area contributed by atoms with Gasteiger partial charge in [-0.05, 0) is 98.7 Å². The zero-order valence-electron chi connectivity index (χ0n) is 27.1. The normalized spacial score (nSPS) is 31.6. The fourth-order valence-corrected chi connectivity index (χ4v) is 9.01. The van der Waals surface area contributed by atoms with Gasteiger partial charge in [0.2, 0.25) is 0 Å². The molecule has 4 saturated carbocycles. The molecular formula is C38H48N4O4. The second-order valence-corrected chi connectivity index (χ2v) is 14.6. The van der Waals surface area contributed by atoms with Crippen LogP contribution in [0.5, 0.6) is 0 Å². The molecule has 1 aromatic heterocycles. The largest absolute Gasteiger partial charge is 0.392 e. The van der Waals surface area contributed by atoms with Gasteiger partial charge in [0.15, 0.2) is 6.29 Å². The number of aromatic nitrogens is 1. The van der Waals surface area contributed by atoms with Gasteiger partial charge in [0, 0.05) is 54.1 Å². The summed E-state index contributed by atoms with van der Waals surface area (Å²) in [5.74, 6) is 2.40. The number of nitrogens with one attached hydrogen (secondary N) is 2. The number of hydrogen-bond acceptors (Lipinski definition) is 6. The van der Waals surface area contributed by atoms with Gasteiger partial charge in [-0.1, -0.05) is 49.4 Å². The number of aliphatic hydroxyl groups excluding tert-OH is 1. The number of hydrogen-bond donors (Lipinski definition) is 3. The average molecular weight is 625 g/mol. The lowest BCUT2D eigenvalue weighted by Crippen LogP contribution is -2.60. The quantitative estimate of drug-likeness (QED) is 0.234. The first-order valence-corrected chi connectivity index (χ1v) is 17.1. The number of ether oxygens (including phenoxy) is 2. The van der Waals surface area contributed by atoms with Gasteiger partial charge in [-0.3, -0.25) is 4.98 Å². The van der Waals surface area contributed by atoms with Crippen LogP contribution in [0.25, 0.3) is 0 Å². The van der Waals surface area contributed by atoms with Crippen LogP contribution >= 0.6 is 0 Å². The van der Waals surface area contributed by atoms with Gasteiger partial charge in [0.1, 0.15) is 0 Å². The maximum Gasteiger partial charge on any atom is 0.319 e. The minimum atomic E-state index is -0.596. The lowest BCUT2D eigenvalue weighted by molar-refractivity contribution is -0.275. The second kappa shape index (κ2) is 13.4. The van der Waals surface area contributed by atoms with Gasteiger partial charge in [-0.25, -0.2) is 4.79 Å². The van der Waals surface area contributed by atoms with E-state index in [0.29, 0.717) is 0 Å². The third kappa shape index (κ3) is 7.00. The van der Waals surface area contributed by atoms with E-state index in [2.05, 4.69) is 40.6 Å². The molecule has 46 heavy (non-hydrogen) atoms. The van der Waals surface area contributed by atoms with Crippen molar-refractivity contribution in [3.8, 4) is 0 Å². The molecule has 5 aliphatic rings. The van der Waals surface area contributed by atoms with E-state index in [1.54, 1.807) is 0 Å². The Kier molecular flexibility index (Phi) is 9.14. The number of urea groups is 1. The van der Waals surface area contributed by atoms with Crippen molar-refractivity contribution >= 4 is 11.7 Å². The van der Waals surface area contributed by atoms with E-state index < -0.39 is 6.29 Å². The molecule has 0 unspecified atom stereocenters. The Morgan fingerprint density at radius 2 is 1.70 bits per heavy atom. The number of nitrogens with zero attached hydrogens (tertiary/aromatic N) is 2. The predicted molar refractivity (Wildman–Crippen MR) is 178 cm³/mol. The van der Waals surface area contributed by atoms with Crippen molar-refractivity contribution in [1.29, 1.82) is 0 Å². The summed E-state index contributed by atoms with van der Waals surface area (Å²) < 4.78 is 13.4. The molecule has 8 heteroatoms. The summed E-state index contributed by atoms with van der Waals surface area (Å²) in [6.07, 6.45) is 9.21. The molecule has 2 amide bonds. The fourth-order valence-electron chi connectivity index (χ4n) is 9.01. The number of aliphatic hydroxyl groups is 1. The van der Waals surface area contributed by atoms with Gasteiger partial charge in [0.25, 0.3) is 0 Å². The average Bonchev–Trinajstić information content (AvgIpc) is 3.04. The number of benzene rings is 2. The minimum absolute atomic E-state index is 0.00696. The zero-order valence-corrected chi connectivity index (χ0v) is 27.1. The number of likely N-dealkylation sites (N-methyl/N-ethyl adjacent to an activating group) is 1. The van der Waals surface area contributed by atoms with Crippen LogP contribution < -0.4 is 10.6 Å². The van der Waals surface area contributed by atoms with Gasteiger partial charge in [-0.2, -0.15) is 0 Å². The molecule has 5 fully saturated rings. The van der Waals surface area contributed by atoms with Crippen molar-refractivity contribution in [3.05, 3.63) is 95.3 Å². The first-order chi connectivity index (χ1) is 22.3. The summed E-state index contributed by atoms with van der Waals surface area (Å²) in [5.41, 5.74) is 4.57. The van der Waals surface area contributed by atoms with Gasteiger partial charge in [0.05, 0.1) is 18.8 Å². The molecule has 0 radical (unpaired) electrons. The van der Waals surface area contributed by atoms with Crippen LogP contribution in [0.2, 0.25) is 0 Å². The Bertz CT molecular complexity index is 1450. The Balaban J connectivity index is 1.05. The summed E-state index contributed by atoms with van der Waals surface area (Å²) >= 11 is 0. The molecule has 1 aliphatic heterocycles. The van der Waals surface area contributed by atoms with Gasteiger partial charge < -0.3 is 30.1 Å². The van der Waals surface area contributed by atoms with E-state index in [1.807, 2.05) is 66.9 Å². The molecule has 4 atom stereocenters. The molecule has 3 N–H and O–H groups in total. The van der Waals surface area contributed by atoms with Crippen molar-refractivity contribution in [3.63, 3.8) is 0 Å². The molecule has 4 bridgehead atoms. The van der Waals surface area contributed by atoms with E-state index in [0.717, 1.165) is 84.6 Å². The molecule has 4 aliphatic carbocycles. The van der Waals surface area contributed by atoms with Crippen LogP contribution in [0.15, 0.2) is 72.9 Å². The highest BCUT2D eigenvalue weighted by Gasteiger charge is 2.51. The van der Waals surface area contributed by atoms with E-state index in [1.165, 1.54) is 19.3 Å². The molecule has 2 heterocycles. The SMILES string of the molecule is C[C@@H]1[C@H](CN(C)CCc2ccccn2)O[C@H](c2cccc(NC(=O)NC34CC5CC(CC(C5)C3)C4)c2)O[C@@H]1c1ccc(CO)cc1. The highest BCUT2D eigenvalue weighted by Crippen LogP contribution is 2.55. The second-order valence-electron chi connectivity index (χ2n) is 14.6. The Hall–Kier alpha value is -3.30. The van der Waals surface area contributed by atoms with Crippen molar-refractivity contribution in [2.24, 2.45) is 23.7 Å². The fraction of sp³-hybridized carbons (Fsp3) is 0.526. The summed E-state index contributed by atoms with van der Waals surface area (Å²) in [4.78, 5) is 20.1. The number of rotatable bonds is 10. The molecular weight excluding hydrogens is 576 g/mol. The van der Waals surface area contributed by atoms with E-state index in [4.69, 9.17) is 9.47 Å². The van der Waals surface area contributed by atoms with Crippen LogP contribution in [-0.2, 0) is 22.5 Å².